The first-order chi connectivity index (χ1) is 9.88. The molecule has 0 aliphatic carbocycles. The van der Waals surface area contributed by atoms with Gasteiger partial charge in [0, 0.05) is 12.3 Å². The summed E-state index contributed by atoms with van der Waals surface area (Å²) in [6, 6.07) is 16.2. The van der Waals surface area contributed by atoms with Gasteiger partial charge in [0.15, 0.2) is 0 Å². The molecule has 0 aliphatic heterocycles. The third-order valence-corrected chi connectivity index (χ3v) is 4.15. The summed E-state index contributed by atoms with van der Waals surface area (Å²) in [5.74, 6) is 1.38. The molecule has 20 heavy (non-hydrogen) atoms. The summed E-state index contributed by atoms with van der Waals surface area (Å²) in [5.41, 5.74) is 3.91. The molecule has 4 heteroatoms. The molecule has 102 valence electrons. The maximum absolute atomic E-state index is 6.17. The van der Waals surface area contributed by atoms with Crippen molar-refractivity contribution in [3.8, 4) is 5.75 Å². The van der Waals surface area contributed by atoms with E-state index in [9.17, 15) is 0 Å². The van der Waals surface area contributed by atoms with Crippen LogP contribution >= 0.6 is 22.9 Å². The SMILES string of the molecule is ClCC[C@@H](Oc1cccc2scnc12)c1ccccc1. The van der Waals surface area contributed by atoms with Crippen molar-refractivity contribution in [3.63, 3.8) is 0 Å². The molecular formula is C16H14ClNOS. The van der Waals surface area contributed by atoms with Crippen LogP contribution in [0.1, 0.15) is 18.1 Å². The van der Waals surface area contributed by atoms with E-state index in [2.05, 4.69) is 23.2 Å². The zero-order chi connectivity index (χ0) is 13.8. The van der Waals surface area contributed by atoms with Crippen LogP contribution in [0, 0.1) is 0 Å². The fourth-order valence-corrected chi connectivity index (χ4v) is 3.06. The number of hydrogen-bond acceptors (Lipinski definition) is 3. The fraction of sp³-hybridized carbons (Fsp3) is 0.188. The van der Waals surface area contributed by atoms with Crippen LogP contribution in [0.3, 0.4) is 0 Å². The molecular weight excluding hydrogens is 290 g/mol. The van der Waals surface area contributed by atoms with Crippen LogP contribution in [0.4, 0.5) is 0 Å². The van der Waals surface area contributed by atoms with Crippen LogP contribution in [0.25, 0.3) is 10.2 Å². The summed E-state index contributed by atoms with van der Waals surface area (Å²) in [7, 11) is 0. The lowest BCUT2D eigenvalue weighted by molar-refractivity contribution is 0.204. The lowest BCUT2D eigenvalue weighted by atomic mass is 10.1. The van der Waals surface area contributed by atoms with E-state index in [1.165, 1.54) is 0 Å². The normalized spacial score (nSPS) is 12.4. The van der Waals surface area contributed by atoms with Crippen molar-refractivity contribution in [1.82, 2.24) is 4.98 Å². The first kappa shape index (κ1) is 13.4. The van der Waals surface area contributed by atoms with Crippen molar-refractivity contribution in [2.45, 2.75) is 12.5 Å². The minimum Gasteiger partial charge on any atom is -0.483 e. The predicted octanol–water partition coefficient (Wildman–Crippen LogP) is 5.05. The van der Waals surface area contributed by atoms with Crippen LogP contribution < -0.4 is 4.74 Å². The predicted molar refractivity (Wildman–Crippen MR) is 84.8 cm³/mol. The number of benzene rings is 2. The van der Waals surface area contributed by atoms with Gasteiger partial charge in [0.1, 0.15) is 17.4 Å². The van der Waals surface area contributed by atoms with Gasteiger partial charge in [0.2, 0.25) is 0 Å². The van der Waals surface area contributed by atoms with Crippen molar-refractivity contribution < 1.29 is 4.74 Å². The number of hydrogen-bond donors (Lipinski definition) is 0. The molecule has 0 unspecified atom stereocenters. The summed E-state index contributed by atoms with van der Waals surface area (Å²) in [6.45, 7) is 0. The van der Waals surface area contributed by atoms with Gasteiger partial charge in [-0.15, -0.1) is 22.9 Å². The Morgan fingerprint density at radius 2 is 1.95 bits per heavy atom. The van der Waals surface area contributed by atoms with Gasteiger partial charge in [0.05, 0.1) is 10.2 Å². The number of para-hydroxylation sites is 1. The Kier molecular flexibility index (Phi) is 4.19. The first-order valence-corrected chi connectivity index (χ1v) is 7.89. The summed E-state index contributed by atoms with van der Waals surface area (Å²) in [4.78, 5) is 4.39. The van der Waals surface area contributed by atoms with Gasteiger partial charge < -0.3 is 4.74 Å². The highest BCUT2D eigenvalue weighted by Crippen LogP contribution is 2.32. The van der Waals surface area contributed by atoms with Gasteiger partial charge in [-0.1, -0.05) is 36.4 Å². The van der Waals surface area contributed by atoms with Gasteiger partial charge in [-0.25, -0.2) is 4.98 Å². The number of rotatable bonds is 5. The lowest BCUT2D eigenvalue weighted by Gasteiger charge is -2.19. The molecule has 0 N–H and O–H groups in total. The third kappa shape index (κ3) is 2.79. The zero-order valence-corrected chi connectivity index (χ0v) is 12.4. The lowest BCUT2D eigenvalue weighted by Crippen LogP contribution is -2.08. The van der Waals surface area contributed by atoms with Gasteiger partial charge in [-0.2, -0.15) is 0 Å². The average Bonchev–Trinajstić information content (AvgIpc) is 2.97. The Hall–Kier alpha value is -1.58. The van der Waals surface area contributed by atoms with Crippen LogP contribution in [0.2, 0.25) is 0 Å². The maximum atomic E-state index is 6.17. The Balaban J connectivity index is 1.92. The number of aromatic nitrogens is 1. The van der Waals surface area contributed by atoms with Crippen LogP contribution in [0.5, 0.6) is 5.75 Å². The quantitative estimate of drug-likeness (QED) is 0.616. The molecule has 0 bridgehead atoms. The van der Waals surface area contributed by atoms with Crippen molar-refractivity contribution in [1.29, 1.82) is 0 Å². The minimum atomic E-state index is -0.0407. The Labute approximate surface area is 127 Å². The largest absolute Gasteiger partial charge is 0.483 e. The number of nitrogens with zero attached hydrogens (tertiary/aromatic N) is 1. The molecule has 2 aromatic carbocycles. The zero-order valence-electron chi connectivity index (χ0n) is 10.8. The molecule has 0 saturated carbocycles. The Bertz CT molecular complexity index is 683. The van der Waals surface area contributed by atoms with Gasteiger partial charge >= 0.3 is 0 Å². The van der Waals surface area contributed by atoms with E-state index >= 15 is 0 Å². The average molecular weight is 304 g/mol. The monoisotopic (exact) mass is 303 g/mol. The molecule has 0 spiro atoms. The number of thiazole rings is 1. The highest BCUT2D eigenvalue weighted by atomic mass is 35.5. The van der Waals surface area contributed by atoms with Crippen LogP contribution in [0.15, 0.2) is 54.0 Å². The second-order valence-electron chi connectivity index (χ2n) is 4.45. The van der Waals surface area contributed by atoms with Gasteiger partial charge in [-0.3, -0.25) is 0 Å². The highest BCUT2D eigenvalue weighted by Gasteiger charge is 2.15. The van der Waals surface area contributed by atoms with Gasteiger partial charge in [-0.05, 0) is 17.7 Å². The van der Waals surface area contributed by atoms with E-state index in [4.69, 9.17) is 16.3 Å². The molecule has 0 saturated heterocycles. The van der Waals surface area contributed by atoms with Crippen molar-refractivity contribution in [2.75, 3.05) is 5.88 Å². The fourth-order valence-electron chi connectivity index (χ4n) is 2.17. The van der Waals surface area contributed by atoms with E-state index in [1.807, 2.05) is 35.8 Å². The molecule has 1 aromatic heterocycles. The van der Waals surface area contributed by atoms with E-state index in [0.717, 1.165) is 28.0 Å². The number of ether oxygens (including phenoxy) is 1. The molecule has 0 fully saturated rings. The standard InChI is InChI=1S/C16H14ClNOS/c17-10-9-13(12-5-2-1-3-6-12)19-14-7-4-8-15-16(14)18-11-20-15/h1-8,11,13H,9-10H2/t13-/m1/s1. The molecule has 1 atom stereocenters. The number of fused-ring (bicyclic) bond motifs is 1. The maximum Gasteiger partial charge on any atom is 0.147 e. The minimum absolute atomic E-state index is 0.0407. The summed E-state index contributed by atoms with van der Waals surface area (Å²) in [6.07, 6.45) is 0.729. The topological polar surface area (TPSA) is 22.1 Å². The van der Waals surface area contributed by atoms with E-state index in [0.29, 0.717) is 5.88 Å². The highest BCUT2D eigenvalue weighted by molar-refractivity contribution is 7.16. The molecule has 2 nitrogen and oxygen atoms in total. The second kappa shape index (κ2) is 6.25. The summed E-state index contributed by atoms with van der Waals surface area (Å²) in [5, 5.41) is 0. The molecule has 0 amide bonds. The van der Waals surface area contributed by atoms with Crippen molar-refractivity contribution >= 4 is 33.2 Å². The molecule has 1 heterocycles. The smallest absolute Gasteiger partial charge is 0.147 e. The van der Waals surface area contributed by atoms with Crippen molar-refractivity contribution in [3.05, 3.63) is 59.6 Å². The number of halogens is 1. The van der Waals surface area contributed by atoms with Crippen LogP contribution in [-0.2, 0) is 0 Å². The van der Waals surface area contributed by atoms with Gasteiger partial charge in [0.25, 0.3) is 0 Å². The van der Waals surface area contributed by atoms with E-state index in [-0.39, 0.29) is 6.10 Å². The van der Waals surface area contributed by atoms with E-state index in [1.54, 1.807) is 11.3 Å². The molecule has 3 aromatic rings. The summed E-state index contributed by atoms with van der Waals surface area (Å²) < 4.78 is 7.31. The second-order valence-corrected chi connectivity index (χ2v) is 5.71. The first-order valence-electron chi connectivity index (χ1n) is 6.48. The Morgan fingerprint density at radius 1 is 1.10 bits per heavy atom. The van der Waals surface area contributed by atoms with Crippen molar-refractivity contribution in [2.24, 2.45) is 0 Å². The molecule has 0 radical (unpaired) electrons. The number of alkyl halides is 1. The third-order valence-electron chi connectivity index (χ3n) is 3.14. The Morgan fingerprint density at radius 3 is 2.75 bits per heavy atom. The van der Waals surface area contributed by atoms with Crippen LogP contribution in [-0.4, -0.2) is 10.9 Å². The van der Waals surface area contributed by atoms with E-state index < -0.39 is 0 Å². The molecule has 0 aliphatic rings. The summed E-state index contributed by atoms with van der Waals surface area (Å²) >= 11 is 7.54. The molecule has 3 rings (SSSR count).